The highest BCUT2D eigenvalue weighted by molar-refractivity contribution is 7.98. The molecule has 2 N–H and O–H groups in total. The lowest BCUT2D eigenvalue weighted by Crippen LogP contribution is -2.11. The summed E-state index contributed by atoms with van der Waals surface area (Å²) in [7, 11) is 1.51. The van der Waals surface area contributed by atoms with Gasteiger partial charge in [0.15, 0.2) is 5.82 Å². The smallest absolute Gasteiger partial charge is 0.300 e. The fraction of sp³-hybridized carbons (Fsp3) is 0.286. The molecule has 0 spiro atoms. The monoisotopic (exact) mass is 447 g/mol. The lowest BCUT2D eigenvalue weighted by molar-refractivity contribution is 0.0988. The van der Waals surface area contributed by atoms with Crippen molar-refractivity contribution >= 4 is 38.3 Å². The highest BCUT2D eigenvalue weighted by atomic mass is 32.2. The van der Waals surface area contributed by atoms with Gasteiger partial charge in [0.25, 0.3) is 5.66 Å². The Morgan fingerprint density at radius 2 is 1.77 bits per heavy atom. The van der Waals surface area contributed by atoms with Gasteiger partial charge in [0.05, 0.1) is 0 Å². The van der Waals surface area contributed by atoms with Crippen molar-refractivity contribution in [2.24, 2.45) is 5.92 Å². The van der Waals surface area contributed by atoms with Gasteiger partial charge in [0.2, 0.25) is 0 Å². The van der Waals surface area contributed by atoms with Crippen molar-refractivity contribution < 1.29 is 8.78 Å². The Balaban J connectivity index is 2.00. The molecule has 3 aromatic rings. The highest BCUT2D eigenvalue weighted by Crippen LogP contribution is 2.34. The normalized spacial score (nSPS) is 11.6. The SMILES string of the molecule is CSc1cccc(Nc2cc(NCC(C)C)nc(-c3cccc(C(F)(F)P)n3)n2)c1. The number of nitrogens with one attached hydrogen (secondary N) is 2. The second-order valence-electron chi connectivity index (χ2n) is 7.12. The summed E-state index contributed by atoms with van der Waals surface area (Å²) < 4.78 is 27.4. The maximum atomic E-state index is 13.7. The summed E-state index contributed by atoms with van der Waals surface area (Å²) >= 11 is 1.64. The standard InChI is InChI=1S/C21H24F2N5PS/c1-13(2)12-24-18-11-19(25-14-6-4-7-15(10-14)30-3)28-20(27-18)16-8-5-9-17(26-16)21(22,23)29/h4-11,13H,12,29H2,1-3H3,(H2,24,25,27,28). The fourth-order valence-corrected chi connectivity index (χ4v) is 3.24. The van der Waals surface area contributed by atoms with E-state index < -0.39 is 5.66 Å². The molecule has 3 rings (SSSR count). The minimum absolute atomic E-state index is 0.267. The average molecular weight is 447 g/mol. The van der Waals surface area contributed by atoms with Crippen molar-refractivity contribution in [2.75, 3.05) is 23.4 Å². The minimum Gasteiger partial charge on any atom is -0.370 e. The van der Waals surface area contributed by atoms with E-state index in [4.69, 9.17) is 0 Å². The molecule has 2 aromatic heterocycles. The average Bonchev–Trinajstić information content (AvgIpc) is 2.72. The van der Waals surface area contributed by atoms with Gasteiger partial charge in [-0.05, 0) is 42.5 Å². The molecule has 1 aromatic carbocycles. The van der Waals surface area contributed by atoms with Crippen LogP contribution in [0.3, 0.4) is 0 Å². The molecule has 0 aliphatic carbocycles. The minimum atomic E-state index is -3.12. The zero-order valence-corrected chi connectivity index (χ0v) is 19.0. The van der Waals surface area contributed by atoms with Crippen molar-refractivity contribution in [2.45, 2.75) is 24.4 Å². The summed E-state index contributed by atoms with van der Waals surface area (Å²) in [5, 5.41) is 6.55. The van der Waals surface area contributed by atoms with Gasteiger partial charge >= 0.3 is 0 Å². The summed E-state index contributed by atoms with van der Waals surface area (Å²) in [5.41, 5.74) is -2.32. The Bertz CT molecular complexity index is 1010. The maximum absolute atomic E-state index is 13.7. The maximum Gasteiger partial charge on any atom is 0.300 e. The van der Waals surface area contributed by atoms with E-state index in [9.17, 15) is 8.78 Å². The molecule has 0 saturated carbocycles. The number of hydrogen-bond acceptors (Lipinski definition) is 6. The first-order chi connectivity index (χ1) is 14.2. The van der Waals surface area contributed by atoms with Crippen LogP contribution in [-0.2, 0) is 5.66 Å². The van der Waals surface area contributed by atoms with Crippen molar-refractivity contribution in [3.63, 3.8) is 0 Å². The van der Waals surface area contributed by atoms with Crippen LogP contribution in [0.2, 0.25) is 0 Å². The molecule has 0 saturated heterocycles. The third-order valence-corrected chi connectivity index (χ3v) is 5.10. The lowest BCUT2D eigenvalue weighted by Gasteiger charge is -2.14. The highest BCUT2D eigenvalue weighted by Gasteiger charge is 2.26. The van der Waals surface area contributed by atoms with Crippen LogP contribution in [-0.4, -0.2) is 27.8 Å². The van der Waals surface area contributed by atoms with Gasteiger partial charge in [-0.2, -0.15) is 8.78 Å². The summed E-state index contributed by atoms with van der Waals surface area (Å²) in [6.45, 7) is 4.90. The van der Waals surface area contributed by atoms with Gasteiger partial charge in [-0.3, -0.25) is 0 Å². The van der Waals surface area contributed by atoms with E-state index in [0.717, 1.165) is 17.1 Å². The number of thioether (sulfide) groups is 1. The zero-order valence-electron chi connectivity index (χ0n) is 17.0. The number of hydrogen-bond donors (Lipinski definition) is 2. The van der Waals surface area contributed by atoms with Gasteiger partial charge in [0.1, 0.15) is 23.0 Å². The second-order valence-corrected chi connectivity index (χ2v) is 8.73. The quantitative estimate of drug-likeness (QED) is 0.326. The van der Waals surface area contributed by atoms with Gasteiger partial charge in [-0.1, -0.05) is 35.2 Å². The number of halogens is 2. The van der Waals surface area contributed by atoms with Gasteiger partial charge < -0.3 is 10.6 Å². The number of pyridine rings is 1. The van der Waals surface area contributed by atoms with Gasteiger partial charge in [-0.15, -0.1) is 11.8 Å². The molecule has 0 fully saturated rings. The number of aromatic nitrogens is 3. The third-order valence-electron chi connectivity index (χ3n) is 4.08. The van der Waals surface area contributed by atoms with E-state index in [-0.39, 0.29) is 17.2 Å². The van der Waals surface area contributed by atoms with Crippen molar-refractivity contribution in [3.8, 4) is 11.5 Å². The summed E-state index contributed by atoms with van der Waals surface area (Å²) in [6.07, 6.45) is 2.01. The first-order valence-corrected chi connectivity index (χ1v) is 11.2. The summed E-state index contributed by atoms with van der Waals surface area (Å²) in [6, 6.07) is 14.2. The van der Waals surface area contributed by atoms with Crippen molar-refractivity contribution in [1.29, 1.82) is 0 Å². The van der Waals surface area contributed by atoms with Crippen LogP contribution >= 0.6 is 21.0 Å². The fourth-order valence-electron chi connectivity index (χ4n) is 2.62. The number of alkyl halides is 2. The third kappa shape index (κ3) is 6.09. The largest absolute Gasteiger partial charge is 0.370 e. The molecular formula is C21H24F2N5PS. The first kappa shape index (κ1) is 22.4. The van der Waals surface area contributed by atoms with E-state index in [1.54, 1.807) is 23.9 Å². The molecule has 0 bridgehead atoms. The van der Waals surface area contributed by atoms with Crippen LogP contribution in [0.5, 0.6) is 0 Å². The van der Waals surface area contributed by atoms with Crippen LogP contribution in [0.15, 0.2) is 53.4 Å². The Hall–Kier alpha value is -2.31. The Morgan fingerprint density at radius 1 is 1.03 bits per heavy atom. The van der Waals surface area contributed by atoms with Crippen molar-refractivity contribution in [3.05, 3.63) is 54.2 Å². The van der Waals surface area contributed by atoms with E-state index in [2.05, 4.69) is 39.4 Å². The molecule has 0 amide bonds. The number of nitrogens with zero attached hydrogens (tertiary/aromatic N) is 3. The van der Waals surface area contributed by atoms with Crippen LogP contribution in [0.25, 0.3) is 11.5 Å². The predicted octanol–water partition coefficient (Wildman–Crippen LogP) is 6.00. The Kier molecular flexibility index (Phi) is 7.21. The molecule has 0 aliphatic rings. The molecule has 158 valence electrons. The molecule has 2 heterocycles. The molecule has 9 heteroatoms. The predicted molar refractivity (Wildman–Crippen MR) is 124 cm³/mol. The van der Waals surface area contributed by atoms with E-state index in [1.165, 1.54) is 21.4 Å². The van der Waals surface area contributed by atoms with Crippen LogP contribution in [0.4, 0.5) is 26.1 Å². The Morgan fingerprint density at radius 3 is 2.47 bits per heavy atom. The molecule has 1 atom stereocenters. The molecule has 1 unspecified atom stereocenters. The first-order valence-electron chi connectivity index (χ1n) is 9.43. The molecule has 30 heavy (non-hydrogen) atoms. The zero-order chi connectivity index (χ0) is 21.7. The summed E-state index contributed by atoms with van der Waals surface area (Å²) in [5.74, 6) is 1.83. The lowest BCUT2D eigenvalue weighted by atomic mass is 10.2. The van der Waals surface area contributed by atoms with Crippen LogP contribution in [0, 0.1) is 5.92 Å². The number of rotatable bonds is 8. The van der Waals surface area contributed by atoms with Crippen LogP contribution < -0.4 is 10.6 Å². The van der Waals surface area contributed by atoms with Gasteiger partial charge in [-0.25, -0.2) is 15.0 Å². The molecule has 0 radical (unpaired) electrons. The second kappa shape index (κ2) is 9.67. The molecule has 5 nitrogen and oxygen atoms in total. The van der Waals surface area contributed by atoms with E-state index in [0.29, 0.717) is 17.6 Å². The summed E-state index contributed by atoms with van der Waals surface area (Å²) in [4.78, 5) is 14.2. The van der Waals surface area contributed by atoms with Crippen molar-refractivity contribution in [1.82, 2.24) is 15.0 Å². The van der Waals surface area contributed by atoms with E-state index in [1.807, 2.05) is 30.5 Å². The molecule has 0 aliphatic heterocycles. The van der Waals surface area contributed by atoms with E-state index >= 15 is 0 Å². The number of benzene rings is 1. The molecular weight excluding hydrogens is 423 g/mol. The topological polar surface area (TPSA) is 62.7 Å². The number of anilines is 3. The Labute approximate surface area is 181 Å². The van der Waals surface area contributed by atoms with Crippen LogP contribution in [0.1, 0.15) is 19.5 Å². The van der Waals surface area contributed by atoms with Gasteiger partial charge in [0, 0.05) is 23.2 Å².